The summed E-state index contributed by atoms with van der Waals surface area (Å²) in [5.74, 6) is 4.37. The van der Waals surface area contributed by atoms with Crippen molar-refractivity contribution in [3.63, 3.8) is 0 Å². The number of carbonyl (C=O) groups is 1. The summed E-state index contributed by atoms with van der Waals surface area (Å²) < 4.78 is 0. The number of nitrogens with zero attached hydrogens (tertiary/aromatic N) is 1. The summed E-state index contributed by atoms with van der Waals surface area (Å²) in [6.45, 7) is 3.23. The maximum atomic E-state index is 10.6. The molecule has 5 nitrogen and oxygen atoms in total. The van der Waals surface area contributed by atoms with Crippen LogP contribution in [0, 0.1) is 5.41 Å². The van der Waals surface area contributed by atoms with Gasteiger partial charge in [0.25, 0.3) is 0 Å². The van der Waals surface area contributed by atoms with Crippen LogP contribution < -0.4 is 11.6 Å². The Morgan fingerprint density at radius 2 is 2.17 bits per heavy atom. The molecule has 0 aromatic carbocycles. The molecule has 0 saturated carbocycles. The van der Waals surface area contributed by atoms with Crippen LogP contribution in [0.4, 0.5) is 0 Å². The van der Waals surface area contributed by atoms with E-state index >= 15 is 0 Å². The molecule has 0 heterocycles. The fraction of sp³-hybridized carbons (Fsp3) is 0.667. The third-order valence-corrected chi connectivity index (χ3v) is 2.55. The van der Waals surface area contributed by atoms with Crippen molar-refractivity contribution >= 4 is 22.9 Å². The Bertz CT molecular complexity index is 203. The van der Waals surface area contributed by atoms with E-state index in [2.05, 4.69) is 5.10 Å². The van der Waals surface area contributed by atoms with Crippen LogP contribution in [0.3, 0.4) is 0 Å². The average molecular weight is 191 g/mol. The second-order valence-corrected chi connectivity index (χ2v) is 3.94. The molecule has 0 unspecified atom stereocenters. The van der Waals surface area contributed by atoms with Crippen LogP contribution in [0.5, 0.6) is 0 Å². The topological polar surface area (TPSA) is 102 Å². The highest BCUT2D eigenvalue weighted by Crippen LogP contribution is 2.21. The molecule has 70 valence electrons. The molecule has 6 heteroatoms. The van der Waals surface area contributed by atoms with Gasteiger partial charge in [-0.25, -0.2) is 0 Å². The van der Waals surface area contributed by atoms with Gasteiger partial charge in [0.15, 0.2) is 5.17 Å². The molecule has 0 aromatic rings. The minimum Gasteiger partial charge on any atom is -0.481 e. The number of rotatable bonds is 3. The van der Waals surface area contributed by atoms with E-state index in [1.807, 2.05) is 0 Å². The van der Waals surface area contributed by atoms with Crippen LogP contribution in [-0.2, 0) is 4.79 Å². The molecule has 5 N–H and O–H groups in total. The highest BCUT2D eigenvalue weighted by atomic mass is 32.2. The zero-order valence-electron chi connectivity index (χ0n) is 7.07. The molecule has 0 rings (SSSR count). The number of hydrazone groups is 1. The van der Waals surface area contributed by atoms with Gasteiger partial charge in [-0.2, -0.15) is 5.10 Å². The number of amidine groups is 1. The van der Waals surface area contributed by atoms with Crippen molar-refractivity contribution in [3.05, 3.63) is 0 Å². The van der Waals surface area contributed by atoms with E-state index in [1.165, 1.54) is 0 Å². The SMILES string of the molecule is CC(C)(CSC(N)=NN)C(=O)O. The van der Waals surface area contributed by atoms with Gasteiger partial charge in [-0.3, -0.25) is 4.79 Å². The van der Waals surface area contributed by atoms with E-state index in [9.17, 15) is 4.79 Å². The van der Waals surface area contributed by atoms with Crippen LogP contribution >= 0.6 is 11.8 Å². The number of nitrogens with two attached hydrogens (primary N) is 2. The highest BCUT2D eigenvalue weighted by molar-refractivity contribution is 8.13. The van der Waals surface area contributed by atoms with Gasteiger partial charge >= 0.3 is 5.97 Å². The first-order valence-electron chi connectivity index (χ1n) is 3.29. The molecular weight excluding hydrogens is 178 g/mol. The van der Waals surface area contributed by atoms with Gasteiger partial charge in [0, 0.05) is 5.75 Å². The third kappa shape index (κ3) is 3.47. The molecule has 0 aliphatic heterocycles. The van der Waals surface area contributed by atoms with Crippen LogP contribution in [0.15, 0.2) is 5.10 Å². The molecule has 0 saturated heterocycles. The first-order valence-corrected chi connectivity index (χ1v) is 4.28. The lowest BCUT2D eigenvalue weighted by atomic mass is 9.97. The molecule has 0 spiro atoms. The predicted octanol–water partition coefficient (Wildman–Crippen LogP) is 0.0188. The number of aliphatic carboxylic acids is 1. The average Bonchev–Trinajstić information content (AvgIpc) is 2.00. The Kier molecular flexibility index (Phi) is 3.88. The van der Waals surface area contributed by atoms with Crippen molar-refractivity contribution < 1.29 is 9.90 Å². The van der Waals surface area contributed by atoms with Crippen LogP contribution in [0.2, 0.25) is 0 Å². The maximum Gasteiger partial charge on any atom is 0.309 e. The van der Waals surface area contributed by atoms with Crippen molar-refractivity contribution in [2.45, 2.75) is 13.8 Å². The molecule has 0 amide bonds. The fourth-order valence-electron chi connectivity index (χ4n) is 0.353. The van der Waals surface area contributed by atoms with Crippen LogP contribution in [0.1, 0.15) is 13.8 Å². The molecular formula is C6H13N3O2S. The lowest BCUT2D eigenvalue weighted by Crippen LogP contribution is -2.28. The predicted molar refractivity (Wildman–Crippen MR) is 49.7 cm³/mol. The monoisotopic (exact) mass is 191 g/mol. The maximum absolute atomic E-state index is 10.6. The minimum absolute atomic E-state index is 0.198. The van der Waals surface area contributed by atoms with E-state index < -0.39 is 11.4 Å². The van der Waals surface area contributed by atoms with Crippen molar-refractivity contribution in [1.29, 1.82) is 0 Å². The minimum atomic E-state index is -0.861. The van der Waals surface area contributed by atoms with Crippen LogP contribution in [0.25, 0.3) is 0 Å². The Labute approximate surface area is 75.2 Å². The Hall–Kier alpha value is -0.910. The number of carboxylic acids is 1. The summed E-state index contributed by atoms with van der Waals surface area (Å²) >= 11 is 1.13. The van der Waals surface area contributed by atoms with Crippen molar-refractivity contribution in [2.75, 3.05) is 5.75 Å². The molecule has 0 aromatic heterocycles. The first-order chi connectivity index (χ1) is 5.40. The summed E-state index contributed by atoms with van der Waals surface area (Å²) in [4.78, 5) is 10.6. The van der Waals surface area contributed by atoms with Gasteiger partial charge in [0.1, 0.15) is 0 Å². The van der Waals surface area contributed by atoms with Gasteiger partial charge < -0.3 is 16.7 Å². The number of thioether (sulfide) groups is 1. The molecule has 0 aliphatic rings. The molecule has 0 fully saturated rings. The molecule has 0 aliphatic carbocycles. The summed E-state index contributed by atoms with van der Waals surface area (Å²) in [6.07, 6.45) is 0. The zero-order valence-corrected chi connectivity index (χ0v) is 7.89. The van der Waals surface area contributed by atoms with Crippen molar-refractivity contribution in [1.82, 2.24) is 0 Å². The summed E-state index contributed by atoms with van der Waals surface area (Å²) in [7, 11) is 0. The van der Waals surface area contributed by atoms with Gasteiger partial charge in [-0.15, -0.1) is 0 Å². The number of hydrogen-bond donors (Lipinski definition) is 3. The van der Waals surface area contributed by atoms with E-state index in [4.69, 9.17) is 16.7 Å². The van der Waals surface area contributed by atoms with E-state index in [-0.39, 0.29) is 5.17 Å². The normalized spacial score (nSPS) is 13.0. The Balaban J connectivity index is 4.01. The largest absolute Gasteiger partial charge is 0.481 e. The lowest BCUT2D eigenvalue weighted by molar-refractivity contribution is -0.145. The van der Waals surface area contributed by atoms with E-state index in [0.29, 0.717) is 5.75 Å². The summed E-state index contributed by atoms with van der Waals surface area (Å²) in [6, 6.07) is 0. The zero-order chi connectivity index (χ0) is 9.78. The number of hydrogen-bond acceptors (Lipinski definition) is 4. The molecule has 12 heavy (non-hydrogen) atoms. The van der Waals surface area contributed by atoms with Gasteiger partial charge in [-0.05, 0) is 13.8 Å². The van der Waals surface area contributed by atoms with Gasteiger partial charge in [0.05, 0.1) is 5.41 Å². The standard InChI is InChI=1S/C6H13N3O2S/c1-6(2,4(10)11)3-12-5(7)9-8/h3,8H2,1-2H3,(H2,7,9)(H,10,11). The second kappa shape index (κ2) is 4.20. The Morgan fingerprint density at radius 1 is 1.67 bits per heavy atom. The van der Waals surface area contributed by atoms with Crippen LogP contribution in [-0.4, -0.2) is 22.0 Å². The summed E-state index contributed by atoms with van der Waals surface area (Å²) in [5.41, 5.74) is 4.47. The van der Waals surface area contributed by atoms with Crippen molar-refractivity contribution in [2.24, 2.45) is 22.1 Å². The van der Waals surface area contributed by atoms with Gasteiger partial charge in [0.2, 0.25) is 0 Å². The molecule has 0 radical (unpaired) electrons. The molecule has 0 bridgehead atoms. The fourth-order valence-corrected chi connectivity index (χ4v) is 1.06. The quantitative estimate of drug-likeness (QED) is 0.252. The smallest absolute Gasteiger partial charge is 0.309 e. The van der Waals surface area contributed by atoms with E-state index in [1.54, 1.807) is 13.8 Å². The van der Waals surface area contributed by atoms with Gasteiger partial charge in [-0.1, -0.05) is 11.8 Å². The number of carboxylic acid groups (broad SMARTS) is 1. The highest BCUT2D eigenvalue weighted by Gasteiger charge is 2.27. The Morgan fingerprint density at radius 3 is 2.50 bits per heavy atom. The van der Waals surface area contributed by atoms with Crippen molar-refractivity contribution in [3.8, 4) is 0 Å². The first kappa shape index (κ1) is 11.1. The third-order valence-electron chi connectivity index (χ3n) is 1.29. The van der Waals surface area contributed by atoms with E-state index in [0.717, 1.165) is 11.8 Å². The summed E-state index contributed by atoms with van der Waals surface area (Å²) in [5, 5.41) is 12.1. The molecule has 0 atom stereocenters. The second-order valence-electron chi connectivity index (χ2n) is 2.95. The lowest BCUT2D eigenvalue weighted by Gasteiger charge is -2.17.